The molecule has 88 valence electrons. The van der Waals surface area contributed by atoms with Crippen LogP contribution in [0.15, 0.2) is 48.8 Å². The summed E-state index contributed by atoms with van der Waals surface area (Å²) in [5.74, 6) is -0.326. The highest BCUT2D eigenvalue weighted by Gasteiger charge is 2.11. The SMILES string of the molecule is COC(=O)c1ccccc1-c1ccncc1.Cl. The van der Waals surface area contributed by atoms with E-state index in [9.17, 15) is 4.79 Å². The van der Waals surface area contributed by atoms with Gasteiger partial charge in [0.05, 0.1) is 12.7 Å². The number of nitrogens with zero attached hydrogens (tertiary/aromatic N) is 1. The van der Waals surface area contributed by atoms with Gasteiger partial charge in [0, 0.05) is 12.4 Å². The third kappa shape index (κ3) is 2.82. The van der Waals surface area contributed by atoms with E-state index in [2.05, 4.69) is 4.98 Å². The molecule has 0 fully saturated rings. The van der Waals surface area contributed by atoms with Crippen LogP contribution >= 0.6 is 12.4 Å². The maximum absolute atomic E-state index is 11.6. The van der Waals surface area contributed by atoms with E-state index in [0.29, 0.717) is 5.56 Å². The smallest absolute Gasteiger partial charge is 0.338 e. The Morgan fingerprint density at radius 3 is 2.41 bits per heavy atom. The predicted molar refractivity (Wildman–Crippen MR) is 68.3 cm³/mol. The number of carbonyl (C=O) groups excluding carboxylic acids is 1. The molecule has 4 heteroatoms. The average molecular weight is 250 g/mol. The molecule has 1 aromatic carbocycles. The molecule has 2 aromatic rings. The number of benzene rings is 1. The maximum Gasteiger partial charge on any atom is 0.338 e. The molecule has 0 N–H and O–H groups in total. The van der Waals surface area contributed by atoms with Crippen molar-refractivity contribution < 1.29 is 9.53 Å². The summed E-state index contributed by atoms with van der Waals surface area (Å²) in [6, 6.07) is 11.1. The van der Waals surface area contributed by atoms with Gasteiger partial charge in [-0.3, -0.25) is 4.98 Å². The van der Waals surface area contributed by atoms with Gasteiger partial charge in [-0.25, -0.2) is 4.79 Å². The minimum atomic E-state index is -0.326. The van der Waals surface area contributed by atoms with E-state index in [1.54, 1.807) is 18.5 Å². The largest absolute Gasteiger partial charge is 0.465 e. The summed E-state index contributed by atoms with van der Waals surface area (Å²) in [5, 5.41) is 0. The number of esters is 1. The molecule has 0 atom stereocenters. The minimum absolute atomic E-state index is 0. The molecule has 2 rings (SSSR count). The molecule has 0 radical (unpaired) electrons. The second-order valence-corrected chi connectivity index (χ2v) is 3.27. The summed E-state index contributed by atoms with van der Waals surface area (Å²) in [7, 11) is 1.38. The lowest BCUT2D eigenvalue weighted by atomic mass is 10.0. The third-order valence-corrected chi connectivity index (χ3v) is 2.32. The van der Waals surface area contributed by atoms with E-state index in [1.807, 2.05) is 30.3 Å². The quantitative estimate of drug-likeness (QED) is 0.768. The number of aromatic nitrogens is 1. The normalized spacial score (nSPS) is 9.24. The van der Waals surface area contributed by atoms with Gasteiger partial charge in [-0.15, -0.1) is 12.4 Å². The van der Waals surface area contributed by atoms with Crippen LogP contribution in [0.2, 0.25) is 0 Å². The second-order valence-electron chi connectivity index (χ2n) is 3.27. The fourth-order valence-corrected chi connectivity index (χ4v) is 1.55. The zero-order valence-electron chi connectivity index (χ0n) is 9.29. The number of ether oxygens (including phenoxy) is 1. The third-order valence-electron chi connectivity index (χ3n) is 2.32. The molecule has 0 aliphatic heterocycles. The predicted octanol–water partition coefficient (Wildman–Crippen LogP) is 2.96. The summed E-state index contributed by atoms with van der Waals surface area (Å²) in [6.07, 6.45) is 3.40. The highest BCUT2D eigenvalue weighted by molar-refractivity contribution is 5.97. The van der Waals surface area contributed by atoms with Gasteiger partial charge in [0.1, 0.15) is 0 Å². The van der Waals surface area contributed by atoms with Crippen LogP contribution in [0.25, 0.3) is 11.1 Å². The summed E-state index contributed by atoms with van der Waals surface area (Å²) >= 11 is 0. The number of hydrogen-bond donors (Lipinski definition) is 0. The number of pyridine rings is 1. The van der Waals surface area contributed by atoms with E-state index in [4.69, 9.17) is 4.74 Å². The first-order chi connectivity index (χ1) is 7.83. The molecule has 1 aromatic heterocycles. The highest BCUT2D eigenvalue weighted by atomic mass is 35.5. The van der Waals surface area contributed by atoms with Crippen molar-refractivity contribution in [3.05, 3.63) is 54.4 Å². The first-order valence-corrected chi connectivity index (χ1v) is 4.90. The van der Waals surface area contributed by atoms with E-state index < -0.39 is 0 Å². The van der Waals surface area contributed by atoms with Crippen molar-refractivity contribution in [2.24, 2.45) is 0 Å². The van der Waals surface area contributed by atoms with Gasteiger partial charge in [0.25, 0.3) is 0 Å². The van der Waals surface area contributed by atoms with Crippen LogP contribution in [-0.4, -0.2) is 18.1 Å². The van der Waals surface area contributed by atoms with Gasteiger partial charge in [-0.2, -0.15) is 0 Å². The summed E-state index contributed by atoms with van der Waals surface area (Å²) in [6.45, 7) is 0. The van der Waals surface area contributed by atoms with Crippen molar-refractivity contribution in [1.29, 1.82) is 0 Å². The number of carbonyl (C=O) groups is 1. The molecule has 0 bridgehead atoms. The molecule has 17 heavy (non-hydrogen) atoms. The molecular formula is C13H12ClNO2. The Kier molecular flexibility index (Phi) is 4.67. The zero-order chi connectivity index (χ0) is 11.4. The standard InChI is InChI=1S/C13H11NO2.ClH/c1-16-13(15)12-5-3-2-4-11(12)10-6-8-14-9-7-10;/h2-9H,1H3;1H. The van der Waals surface area contributed by atoms with Crippen LogP contribution in [0.3, 0.4) is 0 Å². The van der Waals surface area contributed by atoms with Crippen molar-refractivity contribution in [3.8, 4) is 11.1 Å². The van der Waals surface area contributed by atoms with E-state index in [-0.39, 0.29) is 18.4 Å². The molecule has 1 heterocycles. The Morgan fingerprint density at radius 2 is 1.76 bits per heavy atom. The Labute approximate surface area is 106 Å². The Morgan fingerprint density at radius 1 is 1.12 bits per heavy atom. The van der Waals surface area contributed by atoms with Crippen LogP contribution in [0.4, 0.5) is 0 Å². The van der Waals surface area contributed by atoms with Crippen LogP contribution in [-0.2, 0) is 4.74 Å². The lowest BCUT2D eigenvalue weighted by Crippen LogP contribution is -2.03. The fourth-order valence-electron chi connectivity index (χ4n) is 1.55. The van der Waals surface area contributed by atoms with Crippen LogP contribution < -0.4 is 0 Å². The van der Waals surface area contributed by atoms with Gasteiger partial charge in [0.2, 0.25) is 0 Å². The summed E-state index contributed by atoms with van der Waals surface area (Å²) in [4.78, 5) is 15.5. The topological polar surface area (TPSA) is 39.2 Å². The molecule has 0 saturated heterocycles. The van der Waals surface area contributed by atoms with E-state index in [1.165, 1.54) is 7.11 Å². The van der Waals surface area contributed by atoms with Crippen molar-refractivity contribution >= 4 is 18.4 Å². The molecule has 3 nitrogen and oxygen atoms in total. The van der Waals surface area contributed by atoms with E-state index in [0.717, 1.165) is 11.1 Å². The zero-order valence-corrected chi connectivity index (χ0v) is 10.1. The first kappa shape index (κ1) is 13.2. The van der Waals surface area contributed by atoms with Crippen molar-refractivity contribution in [2.75, 3.05) is 7.11 Å². The second kappa shape index (κ2) is 6.01. The average Bonchev–Trinajstić information content (AvgIpc) is 2.39. The lowest BCUT2D eigenvalue weighted by Gasteiger charge is -2.07. The minimum Gasteiger partial charge on any atom is -0.465 e. The summed E-state index contributed by atoms with van der Waals surface area (Å²) in [5.41, 5.74) is 2.38. The van der Waals surface area contributed by atoms with Crippen molar-refractivity contribution in [1.82, 2.24) is 4.98 Å². The molecular weight excluding hydrogens is 238 g/mol. The van der Waals surface area contributed by atoms with Crippen molar-refractivity contribution in [2.45, 2.75) is 0 Å². The fraction of sp³-hybridized carbons (Fsp3) is 0.0769. The van der Waals surface area contributed by atoms with Crippen LogP contribution in [0.1, 0.15) is 10.4 Å². The molecule has 0 saturated carbocycles. The maximum atomic E-state index is 11.6. The Bertz CT molecular complexity index is 500. The first-order valence-electron chi connectivity index (χ1n) is 4.90. The number of rotatable bonds is 2. The van der Waals surface area contributed by atoms with Crippen LogP contribution in [0, 0.1) is 0 Å². The molecule has 0 amide bonds. The summed E-state index contributed by atoms with van der Waals surface area (Å²) < 4.78 is 4.74. The van der Waals surface area contributed by atoms with Gasteiger partial charge in [-0.1, -0.05) is 18.2 Å². The number of halogens is 1. The van der Waals surface area contributed by atoms with Gasteiger partial charge in [-0.05, 0) is 29.3 Å². The molecule has 0 aliphatic rings. The number of hydrogen-bond acceptors (Lipinski definition) is 3. The molecule has 0 aliphatic carbocycles. The number of methoxy groups -OCH3 is 1. The Hall–Kier alpha value is -1.87. The van der Waals surface area contributed by atoms with Crippen LogP contribution in [0.5, 0.6) is 0 Å². The highest BCUT2D eigenvalue weighted by Crippen LogP contribution is 2.23. The van der Waals surface area contributed by atoms with Gasteiger partial charge >= 0.3 is 5.97 Å². The molecule has 0 spiro atoms. The van der Waals surface area contributed by atoms with Crippen molar-refractivity contribution in [3.63, 3.8) is 0 Å². The van der Waals surface area contributed by atoms with Gasteiger partial charge in [0.15, 0.2) is 0 Å². The monoisotopic (exact) mass is 249 g/mol. The van der Waals surface area contributed by atoms with Gasteiger partial charge < -0.3 is 4.74 Å². The lowest BCUT2D eigenvalue weighted by molar-refractivity contribution is 0.0601. The Balaban J connectivity index is 0.00000144. The van der Waals surface area contributed by atoms with E-state index >= 15 is 0 Å². The molecule has 0 unspecified atom stereocenters.